The van der Waals surface area contributed by atoms with Crippen molar-refractivity contribution in [3.8, 4) is 5.75 Å². The predicted octanol–water partition coefficient (Wildman–Crippen LogP) is 3.29. The van der Waals surface area contributed by atoms with Crippen molar-refractivity contribution in [2.75, 3.05) is 7.11 Å². The van der Waals surface area contributed by atoms with Crippen molar-refractivity contribution >= 4 is 21.7 Å². The molecule has 1 saturated carbocycles. The summed E-state index contributed by atoms with van der Waals surface area (Å²) in [5.74, 6) is 1.20. The van der Waals surface area contributed by atoms with Crippen LogP contribution in [-0.4, -0.2) is 12.9 Å². The molecule has 0 aromatic heterocycles. The van der Waals surface area contributed by atoms with Gasteiger partial charge in [0.15, 0.2) is 0 Å². The summed E-state index contributed by atoms with van der Waals surface area (Å²) in [7, 11) is 1.64. The second kappa shape index (κ2) is 4.35. The first kappa shape index (κ1) is 10.7. The minimum atomic E-state index is 0.0491. The standard InChI is InChI=1S/C12H13BrO2/c1-15-12-7-8(13)5-6-10(12)9-3-2-4-11(9)14/h5-7,9H,2-4H2,1H3. The third kappa shape index (κ3) is 2.07. The zero-order valence-electron chi connectivity index (χ0n) is 8.63. The second-order valence-electron chi connectivity index (χ2n) is 3.80. The van der Waals surface area contributed by atoms with E-state index >= 15 is 0 Å². The molecule has 0 bridgehead atoms. The van der Waals surface area contributed by atoms with Crippen LogP contribution in [0, 0.1) is 0 Å². The van der Waals surface area contributed by atoms with Crippen molar-refractivity contribution < 1.29 is 9.53 Å². The fourth-order valence-electron chi connectivity index (χ4n) is 2.12. The van der Waals surface area contributed by atoms with E-state index in [2.05, 4.69) is 15.9 Å². The molecule has 1 aromatic rings. The van der Waals surface area contributed by atoms with Crippen LogP contribution in [0.15, 0.2) is 22.7 Å². The summed E-state index contributed by atoms with van der Waals surface area (Å²) >= 11 is 3.40. The predicted molar refractivity (Wildman–Crippen MR) is 62.3 cm³/mol. The number of rotatable bonds is 2. The number of carbonyl (C=O) groups excluding carboxylic acids is 1. The van der Waals surface area contributed by atoms with Crippen LogP contribution in [0.2, 0.25) is 0 Å². The van der Waals surface area contributed by atoms with E-state index in [1.807, 2.05) is 18.2 Å². The SMILES string of the molecule is COc1cc(Br)ccc1C1CCCC1=O. The van der Waals surface area contributed by atoms with Crippen LogP contribution in [0.4, 0.5) is 0 Å². The number of halogens is 1. The Morgan fingerprint density at radius 2 is 2.27 bits per heavy atom. The average Bonchev–Trinajstić information content (AvgIpc) is 2.64. The van der Waals surface area contributed by atoms with Crippen molar-refractivity contribution in [2.45, 2.75) is 25.2 Å². The van der Waals surface area contributed by atoms with Gasteiger partial charge < -0.3 is 4.74 Å². The van der Waals surface area contributed by atoms with Gasteiger partial charge >= 0.3 is 0 Å². The molecule has 0 amide bonds. The summed E-state index contributed by atoms with van der Waals surface area (Å²) in [6.45, 7) is 0. The molecule has 0 spiro atoms. The van der Waals surface area contributed by atoms with E-state index in [0.717, 1.165) is 28.6 Å². The van der Waals surface area contributed by atoms with Crippen LogP contribution < -0.4 is 4.74 Å². The minimum absolute atomic E-state index is 0.0491. The fraction of sp³-hybridized carbons (Fsp3) is 0.417. The van der Waals surface area contributed by atoms with Crippen LogP contribution in [0.3, 0.4) is 0 Å². The minimum Gasteiger partial charge on any atom is -0.496 e. The third-order valence-electron chi connectivity index (χ3n) is 2.88. The Morgan fingerprint density at radius 3 is 2.87 bits per heavy atom. The number of ketones is 1. The molecule has 1 atom stereocenters. The number of hydrogen-bond acceptors (Lipinski definition) is 2. The van der Waals surface area contributed by atoms with E-state index < -0.39 is 0 Å². The van der Waals surface area contributed by atoms with Crippen molar-refractivity contribution in [3.05, 3.63) is 28.2 Å². The van der Waals surface area contributed by atoms with Crippen molar-refractivity contribution in [1.82, 2.24) is 0 Å². The lowest BCUT2D eigenvalue weighted by Crippen LogP contribution is -2.06. The first-order chi connectivity index (χ1) is 7.22. The molecule has 3 heteroatoms. The van der Waals surface area contributed by atoms with Gasteiger partial charge in [-0.1, -0.05) is 22.0 Å². The highest BCUT2D eigenvalue weighted by Crippen LogP contribution is 2.37. The molecule has 0 radical (unpaired) electrons. The topological polar surface area (TPSA) is 26.3 Å². The van der Waals surface area contributed by atoms with E-state index in [-0.39, 0.29) is 5.92 Å². The maximum absolute atomic E-state index is 11.7. The third-order valence-corrected chi connectivity index (χ3v) is 3.37. The molecular formula is C12H13BrO2. The molecule has 2 rings (SSSR count). The van der Waals surface area contributed by atoms with Gasteiger partial charge in [0.2, 0.25) is 0 Å². The smallest absolute Gasteiger partial charge is 0.140 e. The number of Topliss-reactive ketones (excluding diaryl/α,β-unsaturated/α-hetero) is 1. The molecule has 15 heavy (non-hydrogen) atoms. The zero-order chi connectivity index (χ0) is 10.8. The monoisotopic (exact) mass is 268 g/mol. The molecule has 1 aromatic carbocycles. The molecule has 1 fully saturated rings. The quantitative estimate of drug-likeness (QED) is 0.823. The number of ether oxygens (including phenoxy) is 1. The normalized spacial score (nSPS) is 20.7. The molecule has 80 valence electrons. The second-order valence-corrected chi connectivity index (χ2v) is 4.71. The van der Waals surface area contributed by atoms with Crippen molar-refractivity contribution in [1.29, 1.82) is 0 Å². The Bertz CT molecular complexity index is 387. The highest BCUT2D eigenvalue weighted by molar-refractivity contribution is 9.10. The summed E-state index contributed by atoms with van der Waals surface area (Å²) in [6.07, 6.45) is 2.67. The van der Waals surface area contributed by atoms with E-state index in [9.17, 15) is 4.79 Å². The van der Waals surface area contributed by atoms with Crippen molar-refractivity contribution in [3.63, 3.8) is 0 Å². The van der Waals surface area contributed by atoms with Gasteiger partial charge in [0.25, 0.3) is 0 Å². The molecule has 1 unspecified atom stereocenters. The fourth-order valence-corrected chi connectivity index (χ4v) is 2.46. The van der Waals surface area contributed by atoms with Crippen molar-refractivity contribution in [2.24, 2.45) is 0 Å². The summed E-state index contributed by atoms with van der Waals surface area (Å²) < 4.78 is 6.28. The largest absolute Gasteiger partial charge is 0.496 e. The Kier molecular flexibility index (Phi) is 3.10. The first-order valence-corrected chi connectivity index (χ1v) is 5.88. The zero-order valence-corrected chi connectivity index (χ0v) is 10.2. The molecule has 0 heterocycles. The molecule has 0 N–H and O–H groups in total. The molecule has 0 aliphatic heterocycles. The lowest BCUT2D eigenvalue weighted by atomic mass is 9.96. The van der Waals surface area contributed by atoms with Crippen LogP contribution in [0.1, 0.15) is 30.7 Å². The Balaban J connectivity index is 2.38. The molecule has 1 aliphatic rings. The highest BCUT2D eigenvalue weighted by atomic mass is 79.9. The van der Waals surface area contributed by atoms with Gasteiger partial charge in [0.05, 0.1) is 7.11 Å². The maximum Gasteiger partial charge on any atom is 0.140 e. The van der Waals surface area contributed by atoms with Gasteiger partial charge in [-0.05, 0) is 25.0 Å². The number of carbonyl (C=O) groups is 1. The van der Waals surface area contributed by atoms with E-state index in [1.54, 1.807) is 7.11 Å². The lowest BCUT2D eigenvalue weighted by Gasteiger charge is -2.13. The summed E-state index contributed by atoms with van der Waals surface area (Å²) in [5, 5.41) is 0. The molecule has 1 aliphatic carbocycles. The van der Waals surface area contributed by atoms with Gasteiger partial charge in [-0.3, -0.25) is 4.79 Å². The number of benzene rings is 1. The average molecular weight is 269 g/mol. The number of methoxy groups -OCH3 is 1. The lowest BCUT2D eigenvalue weighted by molar-refractivity contribution is -0.118. The highest BCUT2D eigenvalue weighted by Gasteiger charge is 2.28. The summed E-state index contributed by atoms with van der Waals surface area (Å²) in [5.41, 5.74) is 1.03. The Morgan fingerprint density at radius 1 is 1.47 bits per heavy atom. The maximum atomic E-state index is 11.7. The Hall–Kier alpha value is -0.830. The number of hydrogen-bond donors (Lipinski definition) is 0. The van der Waals surface area contributed by atoms with Gasteiger partial charge in [0.1, 0.15) is 11.5 Å². The van der Waals surface area contributed by atoms with Crippen LogP contribution in [-0.2, 0) is 4.79 Å². The molecular weight excluding hydrogens is 256 g/mol. The molecule has 2 nitrogen and oxygen atoms in total. The van der Waals surface area contributed by atoms with Gasteiger partial charge in [-0.2, -0.15) is 0 Å². The van der Waals surface area contributed by atoms with Gasteiger partial charge in [-0.15, -0.1) is 0 Å². The van der Waals surface area contributed by atoms with Crippen LogP contribution in [0.5, 0.6) is 5.75 Å². The summed E-state index contributed by atoms with van der Waals surface area (Å²) in [4.78, 5) is 11.7. The van der Waals surface area contributed by atoms with E-state index in [1.165, 1.54) is 0 Å². The van der Waals surface area contributed by atoms with E-state index in [0.29, 0.717) is 12.2 Å². The van der Waals surface area contributed by atoms with Crippen LogP contribution >= 0.6 is 15.9 Å². The van der Waals surface area contributed by atoms with Gasteiger partial charge in [0, 0.05) is 22.4 Å². The van der Waals surface area contributed by atoms with Gasteiger partial charge in [-0.25, -0.2) is 0 Å². The van der Waals surface area contributed by atoms with E-state index in [4.69, 9.17) is 4.74 Å². The Labute approximate surface area is 97.8 Å². The molecule has 0 saturated heterocycles. The summed E-state index contributed by atoms with van der Waals surface area (Å²) in [6, 6.07) is 5.86. The van der Waals surface area contributed by atoms with Crippen LogP contribution in [0.25, 0.3) is 0 Å². The first-order valence-electron chi connectivity index (χ1n) is 5.08.